The standard InChI is InChI=1S/C27H24ClN5O.C27H22N8O2.CH4/c1-16(31-27-23(28)14-29-17(2)32-27)22-12-19-10-7-11-21(20-13-30-33(3)15-20)25(19)26(34)24(22)18-8-5-4-6-9-18;1-16(34-25-23-24(31-14-30-23)32-15-33-25)21-11-17-7-6-10-20(18-12-28-27(37-2)29-13-18)22(17)26(36)35(21)19-8-4-3-5-9-19;/h4-16,24H,1-3H3,(H,29,31,32);3-16H,1-2H3,(H2,30,31,32,33,34);1H4/t16-,24?;16-;/m00./s1. The number of halogens is 1. The number of aromatic amines is 1. The molecular formula is C55H50ClN13O3. The van der Waals surface area contributed by atoms with E-state index in [1.165, 1.54) is 13.4 Å². The third kappa shape index (κ3) is 9.42. The highest BCUT2D eigenvalue weighted by atomic mass is 35.5. The molecule has 16 nitrogen and oxygen atoms in total. The lowest BCUT2D eigenvalue weighted by Crippen LogP contribution is -2.30. The SMILES string of the molecule is C.COc1ncc(-c2cccc3cc([C@H](C)Nc4ncnc5nc[nH]c45)n(-c4ccccc4)c(=O)c23)cn1.Cc1ncc(Cl)c(N[C@@H](C)C2=Cc3cccc(-c4cnn(C)c4)c3C(=O)C2c2ccccc2)n1. The van der Waals surface area contributed by atoms with Crippen LogP contribution in [0.15, 0.2) is 157 Å². The molecule has 3 atom stereocenters. The number of carbonyl (C=O) groups excluding carboxylic acids is 1. The number of ether oxygens (including phenoxy) is 1. The number of H-pyrrole nitrogens is 1. The molecule has 4 aromatic carbocycles. The number of aryl methyl sites for hydroxylation is 2. The number of hydrogen-bond acceptors (Lipinski definition) is 13. The van der Waals surface area contributed by atoms with Crippen molar-refractivity contribution >= 4 is 57.0 Å². The number of methoxy groups -OCH3 is 1. The number of benzene rings is 4. The van der Waals surface area contributed by atoms with Crippen LogP contribution in [0.25, 0.3) is 56.0 Å². The average molecular weight is 977 g/mol. The quantitative estimate of drug-likeness (QED) is 0.111. The van der Waals surface area contributed by atoms with Gasteiger partial charge in [-0.1, -0.05) is 110 Å². The van der Waals surface area contributed by atoms with Crippen molar-refractivity contribution in [1.82, 2.24) is 54.2 Å². The molecule has 6 heterocycles. The fourth-order valence-corrected chi connectivity index (χ4v) is 9.18. The van der Waals surface area contributed by atoms with Crippen molar-refractivity contribution in [3.63, 3.8) is 0 Å². The maximum atomic E-state index is 14.2. The summed E-state index contributed by atoms with van der Waals surface area (Å²) < 4.78 is 8.58. The maximum Gasteiger partial charge on any atom is 0.316 e. The highest BCUT2D eigenvalue weighted by molar-refractivity contribution is 6.32. The minimum atomic E-state index is -0.435. The van der Waals surface area contributed by atoms with Gasteiger partial charge in [0.05, 0.1) is 43.2 Å². The van der Waals surface area contributed by atoms with Crippen LogP contribution >= 0.6 is 11.6 Å². The summed E-state index contributed by atoms with van der Waals surface area (Å²) in [5, 5.41) is 13.0. The largest absolute Gasteiger partial charge is 0.467 e. The lowest BCUT2D eigenvalue weighted by Gasteiger charge is -2.31. The number of aromatic nitrogens is 11. The molecule has 1 aliphatic carbocycles. The molecule has 72 heavy (non-hydrogen) atoms. The zero-order chi connectivity index (χ0) is 49.2. The van der Waals surface area contributed by atoms with Gasteiger partial charge < -0.3 is 20.4 Å². The summed E-state index contributed by atoms with van der Waals surface area (Å²) in [6, 6.07) is 33.0. The molecule has 11 rings (SSSR count). The van der Waals surface area contributed by atoms with Gasteiger partial charge in [-0.3, -0.25) is 18.8 Å². The Bertz CT molecular complexity index is 3670. The Morgan fingerprint density at radius 1 is 0.764 bits per heavy atom. The number of rotatable bonds is 11. The number of Topliss-reactive ketones (excluding diaryl/α,β-unsaturated/α-hetero) is 1. The van der Waals surface area contributed by atoms with Crippen LogP contribution in [-0.4, -0.2) is 73.2 Å². The fourth-order valence-electron chi connectivity index (χ4n) is 9.03. The molecule has 0 bridgehead atoms. The summed E-state index contributed by atoms with van der Waals surface area (Å²) in [4.78, 5) is 61.3. The number of nitrogens with zero attached hydrogens (tertiary/aromatic N) is 10. The van der Waals surface area contributed by atoms with E-state index >= 15 is 0 Å². The minimum absolute atomic E-state index is 0. The highest BCUT2D eigenvalue weighted by Gasteiger charge is 2.36. The van der Waals surface area contributed by atoms with E-state index in [9.17, 15) is 9.59 Å². The topological polar surface area (TPSA) is 196 Å². The van der Waals surface area contributed by atoms with E-state index in [4.69, 9.17) is 16.3 Å². The fraction of sp³-hybridized carbons (Fsp3) is 0.164. The van der Waals surface area contributed by atoms with Gasteiger partial charge in [-0.15, -0.1) is 0 Å². The van der Waals surface area contributed by atoms with Crippen molar-refractivity contribution in [2.45, 2.75) is 46.2 Å². The van der Waals surface area contributed by atoms with E-state index < -0.39 is 5.92 Å². The molecule has 1 unspecified atom stereocenters. The van der Waals surface area contributed by atoms with E-state index in [1.54, 1.807) is 40.4 Å². The number of fused-ring (bicyclic) bond motifs is 3. The molecule has 0 radical (unpaired) electrons. The van der Waals surface area contributed by atoms with Crippen molar-refractivity contribution in [3.8, 4) is 34.0 Å². The molecule has 0 fully saturated rings. The molecule has 0 amide bonds. The molecule has 0 saturated carbocycles. The summed E-state index contributed by atoms with van der Waals surface area (Å²) in [5.74, 6) is 1.41. The number of ketones is 1. The summed E-state index contributed by atoms with van der Waals surface area (Å²) >= 11 is 6.35. The number of carbonyl (C=O) groups is 1. The Labute approximate surface area is 420 Å². The predicted octanol–water partition coefficient (Wildman–Crippen LogP) is 10.6. The minimum Gasteiger partial charge on any atom is -0.467 e. The van der Waals surface area contributed by atoms with Crippen molar-refractivity contribution in [2.24, 2.45) is 7.05 Å². The van der Waals surface area contributed by atoms with Crippen molar-refractivity contribution in [1.29, 1.82) is 0 Å². The van der Waals surface area contributed by atoms with Gasteiger partial charge in [-0.2, -0.15) is 5.10 Å². The van der Waals surface area contributed by atoms with Crippen LogP contribution < -0.4 is 20.9 Å². The Kier molecular flexibility index (Phi) is 13.8. The Balaban J connectivity index is 0.000000176. The predicted molar refractivity (Wildman–Crippen MR) is 283 cm³/mol. The van der Waals surface area contributed by atoms with Gasteiger partial charge in [0.1, 0.15) is 28.5 Å². The first-order valence-electron chi connectivity index (χ1n) is 22.8. The van der Waals surface area contributed by atoms with Gasteiger partial charge >= 0.3 is 6.01 Å². The zero-order valence-electron chi connectivity index (χ0n) is 39.2. The van der Waals surface area contributed by atoms with Crippen molar-refractivity contribution in [3.05, 3.63) is 196 Å². The zero-order valence-corrected chi connectivity index (χ0v) is 40.0. The first kappa shape index (κ1) is 48.1. The second-order valence-corrected chi connectivity index (χ2v) is 17.4. The van der Waals surface area contributed by atoms with Gasteiger partial charge in [0, 0.05) is 59.8 Å². The Hall–Kier alpha value is -8.89. The molecule has 1 aliphatic rings. The summed E-state index contributed by atoms with van der Waals surface area (Å²) in [6.45, 7) is 5.84. The second-order valence-electron chi connectivity index (χ2n) is 17.0. The lowest BCUT2D eigenvalue weighted by atomic mass is 9.74. The van der Waals surface area contributed by atoms with Crippen LogP contribution in [0.4, 0.5) is 11.6 Å². The second kappa shape index (κ2) is 20.6. The normalized spacial score (nSPS) is 13.8. The molecule has 3 N–H and O–H groups in total. The van der Waals surface area contributed by atoms with Crippen LogP contribution in [-0.2, 0) is 7.05 Å². The van der Waals surface area contributed by atoms with Crippen LogP contribution in [0.5, 0.6) is 6.01 Å². The van der Waals surface area contributed by atoms with E-state index in [0.29, 0.717) is 39.0 Å². The first-order valence-corrected chi connectivity index (χ1v) is 23.1. The van der Waals surface area contributed by atoms with Crippen LogP contribution in [0.1, 0.15) is 66.2 Å². The lowest BCUT2D eigenvalue weighted by molar-refractivity contribution is 0.0969. The highest BCUT2D eigenvalue weighted by Crippen LogP contribution is 2.42. The summed E-state index contributed by atoms with van der Waals surface area (Å²) in [6.07, 6.45) is 13.8. The molecular weight excluding hydrogens is 926 g/mol. The molecule has 6 aromatic heterocycles. The van der Waals surface area contributed by atoms with Crippen LogP contribution in [0.2, 0.25) is 5.02 Å². The molecule has 0 saturated heterocycles. The van der Waals surface area contributed by atoms with E-state index in [0.717, 1.165) is 61.3 Å². The summed E-state index contributed by atoms with van der Waals surface area (Å²) in [5.41, 5.74) is 9.46. The van der Waals surface area contributed by atoms with Gasteiger partial charge in [0.15, 0.2) is 17.2 Å². The number of hydrogen-bond donors (Lipinski definition) is 3. The monoisotopic (exact) mass is 975 g/mol. The third-order valence-corrected chi connectivity index (χ3v) is 12.6. The average Bonchev–Trinajstić information content (AvgIpc) is 4.07. The summed E-state index contributed by atoms with van der Waals surface area (Å²) in [7, 11) is 3.39. The van der Waals surface area contributed by atoms with Crippen molar-refractivity contribution < 1.29 is 9.53 Å². The molecule has 10 aromatic rings. The number of imidazole rings is 1. The van der Waals surface area contributed by atoms with Crippen LogP contribution in [0, 0.1) is 6.92 Å². The molecule has 0 aliphatic heterocycles. The maximum absolute atomic E-state index is 14.2. The molecule has 0 spiro atoms. The Morgan fingerprint density at radius 3 is 2.22 bits per heavy atom. The Morgan fingerprint density at radius 2 is 1.49 bits per heavy atom. The van der Waals surface area contributed by atoms with E-state index in [2.05, 4.69) is 61.7 Å². The van der Waals surface area contributed by atoms with Gasteiger partial charge in [0.25, 0.3) is 5.56 Å². The number of pyridine rings is 1. The van der Waals surface area contributed by atoms with E-state index in [1.807, 2.05) is 137 Å². The van der Waals surface area contributed by atoms with Gasteiger partial charge in [-0.25, -0.2) is 34.9 Å². The third-order valence-electron chi connectivity index (χ3n) is 12.4. The van der Waals surface area contributed by atoms with Gasteiger partial charge in [-0.05, 0) is 72.2 Å². The number of anilines is 2. The number of para-hydroxylation sites is 1. The smallest absolute Gasteiger partial charge is 0.316 e. The van der Waals surface area contributed by atoms with Crippen LogP contribution in [0.3, 0.4) is 0 Å². The van der Waals surface area contributed by atoms with Gasteiger partial charge in [0.2, 0.25) is 0 Å². The first-order chi connectivity index (χ1) is 34.6. The van der Waals surface area contributed by atoms with Crippen molar-refractivity contribution in [2.75, 3.05) is 17.7 Å². The molecule has 360 valence electrons. The molecule has 17 heteroatoms. The van der Waals surface area contributed by atoms with E-state index in [-0.39, 0.29) is 36.9 Å². The number of nitrogens with one attached hydrogen (secondary N) is 3.